The van der Waals surface area contributed by atoms with Crippen molar-refractivity contribution < 1.29 is 17.6 Å². The molecule has 1 aromatic carbocycles. The third kappa shape index (κ3) is 3.18. The largest absolute Gasteiger partial charge is 0.438 e. The van der Waals surface area contributed by atoms with Crippen molar-refractivity contribution in [2.45, 2.75) is 18.1 Å². The summed E-state index contributed by atoms with van der Waals surface area (Å²) < 4.78 is 32.6. The SMILES string of the molecule is O=C(c1ccc(S(=O)(=O)NCc2cccs2)o1)N1CCc2ccccc21. The Balaban J connectivity index is 1.52. The minimum Gasteiger partial charge on any atom is -0.438 e. The van der Waals surface area contributed by atoms with Gasteiger partial charge < -0.3 is 9.32 Å². The molecule has 6 nitrogen and oxygen atoms in total. The van der Waals surface area contributed by atoms with Crippen LogP contribution in [0.1, 0.15) is 21.0 Å². The number of furan rings is 1. The number of carbonyl (C=O) groups is 1. The van der Waals surface area contributed by atoms with Crippen LogP contribution in [0.25, 0.3) is 0 Å². The zero-order valence-corrected chi connectivity index (χ0v) is 15.3. The molecular weight excluding hydrogens is 372 g/mol. The number of fused-ring (bicyclic) bond motifs is 1. The fourth-order valence-electron chi connectivity index (χ4n) is 2.91. The van der Waals surface area contributed by atoms with Crippen molar-refractivity contribution in [1.29, 1.82) is 0 Å². The minimum atomic E-state index is -3.81. The van der Waals surface area contributed by atoms with Crippen molar-refractivity contribution in [2.24, 2.45) is 0 Å². The van der Waals surface area contributed by atoms with E-state index in [9.17, 15) is 13.2 Å². The molecule has 0 spiro atoms. The number of hydrogen-bond donors (Lipinski definition) is 1. The number of sulfonamides is 1. The normalized spacial score (nSPS) is 13.8. The van der Waals surface area contributed by atoms with E-state index in [1.165, 1.54) is 23.5 Å². The molecule has 0 unspecified atom stereocenters. The lowest BCUT2D eigenvalue weighted by Crippen LogP contribution is -2.28. The topological polar surface area (TPSA) is 79.6 Å². The van der Waals surface area contributed by atoms with Crippen LogP contribution < -0.4 is 9.62 Å². The monoisotopic (exact) mass is 388 g/mol. The van der Waals surface area contributed by atoms with Crippen molar-refractivity contribution in [1.82, 2.24) is 4.72 Å². The van der Waals surface area contributed by atoms with Gasteiger partial charge in [-0.2, -0.15) is 0 Å². The lowest BCUT2D eigenvalue weighted by atomic mass is 10.2. The smallest absolute Gasteiger partial charge is 0.294 e. The van der Waals surface area contributed by atoms with E-state index >= 15 is 0 Å². The van der Waals surface area contributed by atoms with Crippen LogP contribution in [0.2, 0.25) is 0 Å². The van der Waals surface area contributed by atoms with E-state index in [4.69, 9.17) is 4.42 Å². The summed E-state index contributed by atoms with van der Waals surface area (Å²) in [6.45, 7) is 0.737. The van der Waals surface area contributed by atoms with Crippen LogP contribution in [0.4, 0.5) is 5.69 Å². The van der Waals surface area contributed by atoms with Crippen LogP contribution in [0, 0.1) is 0 Å². The first-order chi connectivity index (χ1) is 12.5. The summed E-state index contributed by atoms with van der Waals surface area (Å²) in [4.78, 5) is 15.2. The second-order valence-corrected chi connectivity index (χ2v) is 8.59. The van der Waals surface area contributed by atoms with Crippen LogP contribution in [0.3, 0.4) is 0 Å². The number of hydrogen-bond acceptors (Lipinski definition) is 5. The molecule has 0 saturated carbocycles. The molecule has 3 heterocycles. The number of anilines is 1. The molecule has 8 heteroatoms. The molecule has 0 saturated heterocycles. The fraction of sp³-hybridized carbons (Fsp3) is 0.167. The van der Waals surface area contributed by atoms with Gasteiger partial charge in [0.05, 0.1) is 0 Å². The van der Waals surface area contributed by atoms with Crippen molar-refractivity contribution in [3.8, 4) is 0 Å². The van der Waals surface area contributed by atoms with Gasteiger partial charge in [-0.25, -0.2) is 13.1 Å². The zero-order chi connectivity index (χ0) is 18.1. The Kier molecular flexibility index (Phi) is 4.39. The summed E-state index contributed by atoms with van der Waals surface area (Å²) in [6.07, 6.45) is 0.774. The standard InChI is InChI=1S/C18H16N2O4S2/c21-18(20-10-9-13-4-1-2-6-15(13)20)16-7-8-17(24-16)26(22,23)19-12-14-5-3-11-25-14/h1-8,11,19H,9-10,12H2. The van der Waals surface area contributed by atoms with E-state index in [-0.39, 0.29) is 23.3 Å². The zero-order valence-electron chi connectivity index (χ0n) is 13.7. The maximum absolute atomic E-state index is 12.7. The molecule has 0 bridgehead atoms. The highest BCUT2D eigenvalue weighted by Crippen LogP contribution is 2.29. The Bertz CT molecular complexity index is 1040. The third-order valence-corrected chi connectivity index (χ3v) is 6.36. The second-order valence-electron chi connectivity index (χ2n) is 5.86. The number of para-hydroxylation sites is 1. The third-order valence-electron chi connectivity index (χ3n) is 4.21. The van der Waals surface area contributed by atoms with Crippen molar-refractivity contribution >= 4 is 33.0 Å². The van der Waals surface area contributed by atoms with Gasteiger partial charge in [0.1, 0.15) is 0 Å². The van der Waals surface area contributed by atoms with Gasteiger partial charge >= 0.3 is 0 Å². The Morgan fingerprint density at radius 1 is 1.15 bits per heavy atom. The van der Waals surface area contributed by atoms with E-state index in [2.05, 4.69) is 4.72 Å². The van der Waals surface area contributed by atoms with Crippen LogP contribution in [0.15, 0.2) is 63.4 Å². The van der Waals surface area contributed by atoms with Gasteiger partial charge in [0.25, 0.3) is 15.9 Å². The summed E-state index contributed by atoms with van der Waals surface area (Å²) >= 11 is 1.46. The summed E-state index contributed by atoms with van der Waals surface area (Å²) in [5.74, 6) is -0.326. The minimum absolute atomic E-state index is 0.0122. The molecule has 26 heavy (non-hydrogen) atoms. The Labute approximate surface area is 155 Å². The number of carbonyl (C=O) groups excluding carboxylic acids is 1. The molecule has 4 rings (SSSR count). The summed E-state index contributed by atoms with van der Waals surface area (Å²) in [7, 11) is -3.81. The van der Waals surface area contributed by atoms with E-state index in [0.717, 1.165) is 22.5 Å². The maximum atomic E-state index is 12.7. The predicted molar refractivity (Wildman–Crippen MR) is 98.9 cm³/mol. The van der Waals surface area contributed by atoms with Crippen molar-refractivity contribution in [3.63, 3.8) is 0 Å². The van der Waals surface area contributed by atoms with E-state index in [0.29, 0.717) is 6.54 Å². The van der Waals surface area contributed by atoms with Gasteiger partial charge in [-0.05, 0) is 41.6 Å². The molecule has 134 valence electrons. The van der Waals surface area contributed by atoms with Crippen LogP contribution in [-0.2, 0) is 23.0 Å². The van der Waals surface area contributed by atoms with Gasteiger partial charge in [0.15, 0.2) is 5.76 Å². The number of nitrogens with one attached hydrogen (secondary N) is 1. The average Bonchev–Trinajstić information content (AvgIpc) is 3.40. The molecule has 1 N–H and O–H groups in total. The Morgan fingerprint density at radius 3 is 2.81 bits per heavy atom. The van der Waals surface area contributed by atoms with Gasteiger partial charge in [0, 0.05) is 23.7 Å². The van der Waals surface area contributed by atoms with E-state index in [1.807, 2.05) is 41.8 Å². The highest BCUT2D eigenvalue weighted by atomic mass is 32.2. The number of rotatable bonds is 5. The van der Waals surface area contributed by atoms with Crippen LogP contribution in [0.5, 0.6) is 0 Å². The second kappa shape index (κ2) is 6.71. The fourth-order valence-corrected chi connectivity index (χ4v) is 4.58. The predicted octanol–water partition coefficient (Wildman–Crippen LogP) is 3.02. The number of nitrogens with zero attached hydrogens (tertiary/aromatic N) is 1. The highest BCUT2D eigenvalue weighted by molar-refractivity contribution is 7.89. The summed E-state index contributed by atoms with van der Waals surface area (Å²) in [6, 6.07) is 14.1. The quantitative estimate of drug-likeness (QED) is 0.729. The first-order valence-electron chi connectivity index (χ1n) is 8.06. The molecular formula is C18H16N2O4S2. The van der Waals surface area contributed by atoms with E-state index < -0.39 is 10.0 Å². The number of thiophene rings is 1. The highest BCUT2D eigenvalue weighted by Gasteiger charge is 2.28. The molecule has 1 amide bonds. The number of amides is 1. The maximum Gasteiger partial charge on any atom is 0.294 e. The number of benzene rings is 1. The first-order valence-corrected chi connectivity index (χ1v) is 10.4. The molecule has 0 aliphatic carbocycles. The van der Waals surface area contributed by atoms with Crippen molar-refractivity contribution in [2.75, 3.05) is 11.4 Å². The van der Waals surface area contributed by atoms with E-state index in [1.54, 1.807) is 4.90 Å². The van der Waals surface area contributed by atoms with Gasteiger partial charge in [0.2, 0.25) is 5.09 Å². The van der Waals surface area contributed by atoms with Crippen molar-refractivity contribution in [3.05, 3.63) is 70.1 Å². The molecule has 0 fully saturated rings. The van der Waals surface area contributed by atoms with Crippen LogP contribution in [-0.4, -0.2) is 20.9 Å². The molecule has 0 atom stereocenters. The van der Waals surface area contributed by atoms with Gasteiger partial charge in [-0.15, -0.1) is 11.3 Å². The average molecular weight is 388 g/mol. The molecule has 3 aromatic rings. The Hall–Kier alpha value is -2.42. The lowest BCUT2D eigenvalue weighted by molar-refractivity contribution is 0.0957. The van der Waals surface area contributed by atoms with Gasteiger partial charge in [-0.3, -0.25) is 4.79 Å². The first kappa shape index (κ1) is 17.0. The van der Waals surface area contributed by atoms with Gasteiger partial charge in [-0.1, -0.05) is 24.3 Å². The lowest BCUT2D eigenvalue weighted by Gasteiger charge is -2.15. The molecule has 1 aliphatic heterocycles. The summed E-state index contributed by atoms with van der Waals surface area (Å²) in [5, 5.41) is 1.62. The van der Waals surface area contributed by atoms with Crippen LogP contribution >= 0.6 is 11.3 Å². The molecule has 1 aliphatic rings. The molecule has 2 aromatic heterocycles. The molecule has 0 radical (unpaired) electrons. The summed E-state index contributed by atoms with van der Waals surface area (Å²) in [5.41, 5.74) is 1.94. The Morgan fingerprint density at radius 2 is 2.00 bits per heavy atom.